The normalized spacial score (nSPS) is 12.5. The third kappa shape index (κ3) is 5.10. The molecule has 146 valence electrons. The van der Waals surface area contributed by atoms with E-state index in [0.29, 0.717) is 18.7 Å². The van der Waals surface area contributed by atoms with E-state index in [0.717, 1.165) is 22.9 Å². The molecule has 27 heavy (non-hydrogen) atoms. The van der Waals surface area contributed by atoms with Gasteiger partial charge in [-0.25, -0.2) is 8.42 Å². The monoisotopic (exact) mass is 388 g/mol. The number of rotatable bonds is 7. The van der Waals surface area contributed by atoms with E-state index in [4.69, 9.17) is 0 Å². The Balaban J connectivity index is 2.36. The van der Waals surface area contributed by atoms with E-state index in [2.05, 4.69) is 0 Å². The zero-order valence-electron chi connectivity index (χ0n) is 16.6. The average Bonchev–Trinajstić information content (AvgIpc) is 2.61. The number of hydrogen-bond acceptors (Lipinski definition) is 3. The molecule has 0 fully saturated rings. The standard InChI is InChI=1S/C21H28N2O3S/c1-6-20(21(24)22(4)15-18-10-8-7-9-11-18)23(27(5,25)26)19-13-12-16(2)17(3)14-19/h7-14,20H,6,15H2,1-5H3. The van der Waals surface area contributed by atoms with Gasteiger partial charge in [0, 0.05) is 13.6 Å². The lowest BCUT2D eigenvalue weighted by atomic mass is 10.1. The predicted molar refractivity (Wildman–Crippen MR) is 110 cm³/mol. The number of amides is 1. The maximum absolute atomic E-state index is 13.1. The van der Waals surface area contributed by atoms with Crippen LogP contribution in [0.15, 0.2) is 48.5 Å². The molecule has 0 saturated heterocycles. The Morgan fingerprint density at radius 1 is 1.04 bits per heavy atom. The molecule has 6 heteroatoms. The largest absolute Gasteiger partial charge is 0.340 e. The molecule has 0 aliphatic rings. The van der Waals surface area contributed by atoms with Crippen LogP contribution in [0.1, 0.15) is 30.0 Å². The van der Waals surface area contributed by atoms with Crippen LogP contribution >= 0.6 is 0 Å². The van der Waals surface area contributed by atoms with Crippen LogP contribution in [0.2, 0.25) is 0 Å². The molecule has 1 amide bonds. The minimum absolute atomic E-state index is 0.218. The second-order valence-electron chi connectivity index (χ2n) is 6.93. The van der Waals surface area contributed by atoms with E-state index >= 15 is 0 Å². The lowest BCUT2D eigenvalue weighted by molar-refractivity contribution is -0.131. The van der Waals surface area contributed by atoms with E-state index < -0.39 is 16.1 Å². The fraction of sp³-hybridized carbons (Fsp3) is 0.381. The number of likely N-dealkylation sites (N-methyl/N-ethyl adjacent to an activating group) is 1. The molecule has 5 nitrogen and oxygen atoms in total. The summed E-state index contributed by atoms with van der Waals surface area (Å²) in [5, 5.41) is 0. The van der Waals surface area contributed by atoms with Crippen molar-refractivity contribution in [1.29, 1.82) is 0 Å². The molecule has 0 saturated carbocycles. The van der Waals surface area contributed by atoms with Crippen LogP contribution in [0.3, 0.4) is 0 Å². The number of benzene rings is 2. The van der Waals surface area contributed by atoms with Crippen LogP contribution in [0.5, 0.6) is 0 Å². The Morgan fingerprint density at radius 3 is 2.19 bits per heavy atom. The molecule has 0 spiro atoms. The van der Waals surface area contributed by atoms with Gasteiger partial charge in [-0.1, -0.05) is 43.3 Å². The van der Waals surface area contributed by atoms with Crippen LogP contribution in [0.25, 0.3) is 0 Å². The maximum atomic E-state index is 13.1. The van der Waals surface area contributed by atoms with Gasteiger partial charge in [-0.05, 0) is 49.1 Å². The summed E-state index contributed by atoms with van der Waals surface area (Å²) in [5.41, 5.74) is 3.59. The van der Waals surface area contributed by atoms with Gasteiger partial charge in [0.1, 0.15) is 6.04 Å². The molecule has 0 aliphatic heterocycles. The second-order valence-corrected chi connectivity index (χ2v) is 8.79. The van der Waals surface area contributed by atoms with Gasteiger partial charge in [0.15, 0.2) is 0 Å². The zero-order valence-corrected chi connectivity index (χ0v) is 17.5. The number of nitrogens with zero attached hydrogens (tertiary/aromatic N) is 2. The van der Waals surface area contributed by atoms with Crippen molar-refractivity contribution in [3.05, 3.63) is 65.2 Å². The minimum atomic E-state index is -3.62. The summed E-state index contributed by atoms with van der Waals surface area (Å²) < 4.78 is 26.4. The Kier molecular flexibility index (Phi) is 6.65. The summed E-state index contributed by atoms with van der Waals surface area (Å²) in [6.45, 7) is 6.17. The van der Waals surface area contributed by atoms with E-state index in [-0.39, 0.29) is 5.91 Å². The molecular weight excluding hydrogens is 360 g/mol. The fourth-order valence-corrected chi connectivity index (χ4v) is 4.29. The van der Waals surface area contributed by atoms with Gasteiger partial charge in [0.2, 0.25) is 15.9 Å². The molecular formula is C21H28N2O3S. The van der Waals surface area contributed by atoms with E-state index in [9.17, 15) is 13.2 Å². The lowest BCUT2D eigenvalue weighted by Crippen LogP contribution is -2.49. The molecule has 0 heterocycles. The lowest BCUT2D eigenvalue weighted by Gasteiger charge is -2.33. The van der Waals surface area contributed by atoms with Crippen LogP contribution < -0.4 is 4.31 Å². The third-order valence-electron chi connectivity index (χ3n) is 4.70. The number of carbonyl (C=O) groups excluding carboxylic acids is 1. The topological polar surface area (TPSA) is 57.7 Å². The molecule has 1 unspecified atom stereocenters. The molecule has 1 atom stereocenters. The van der Waals surface area contributed by atoms with Crippen molar-refractivity contribution in [2.24, 2.45) is 0 Å². The third-order valence-corrected chi connectivity index (χ3v) is 5.88. The number of aryl methyl sites for hydroxylation is 2. The summed E-state index contributed by atoms with van der Waals surface area (Å²) in [6, 6.07) is 14.3. The van der Waals surface area contributed by atoms with Crippen molar-refractivity contribution in [2.45, 2.75) is 39.8 Å². The van der Waals surface area contributed by atoms with Crippen molar-refractivity contribution in [3.8, 4) is 0 Å². The van der Waals surface area contributed by atoms with Gasteiger partial charge in [-0.15, -0.1) is 0 Å². The first-order valence-corrected chi connectivity index (χ1v) is 10.9. The number of carbonyl (C=O) groups is 1. The van der Waals surface area contributed by atoms with E-state index in [1.54, 1.807) is 18.0 Å². The van der Waals surface area contributed by atoms with Crippen LogP contribution in [-0.2, 0) is 21.4 Å². The first kappa shape index (κ1) is 21.0. The molecule has 0 aliphatic carbocycles. The Labute approximate surface area is 162 Å². The Morgan fingerprint density at radius 2 is 1.67 bits per heavy atom. The van der Waals surface area contributed by atoms with Crippen molar-refractivity contribution in [3.63, 3.8) is 0 Å². The van der Waals surface area contributed by atoms with Crippen molar-refractivity contribution >= 4 is 21.6 Å². The SMILES string of the molecule is CCC(C(=O)N(C)Cc1ccccc1)N(c1ccc(C)c(C)c1)S(C)(=O)=O. The van der Waals surface area contributed by atoms with Crippen molar-refractivity contribution in [2.75, 3.05) is 17.6 Å². The summed E-state index contributed by atoms with van der Waals surface area (Å²) >= 11 is 0. The van der Waals surface area contributed by atoms with Gasteiger partial charge in [-0.2, -0.15) is 0 Å². The molecule has 2 aromatic rings. The first-order valence-electron chi connectivity index (χ1n) is 9.00. The fourth-order valence-electron chi connectivity index (χ4n) is 3.10. The maximum Gasteiger partial charge on any atom is 0.246 e. The summed E-state index contributed by atoms with van der Waals surface area (Å²) in [7, 11) is -1.92. The molecule has 0 radical (unpaired) electrons. The number of anilines is 1. The predicted octanol–water partition coefficient (Wildman–Crippen LogP) is 3.51. The highest BCUT2D eigenvalue weighted by Gasteiger charge is 2.33. The second kappa shape index (κ2) is 8.57. The summed E-state index contributed by atoms with van der Waals surface area (Å²) in [6.07, 6.45) is 1.54. The van der Waals surface area contributed by atoms with Gasteiger partial charge >= 0.3 is 0 Å². The number of sulfonamides is 1. The van der Waals surface area contributed by atoms with Crippen molar-refractivity contribution < 1.29 is 13.2 Å². The molecule has 0 bridgehead atoms. The Bertz CT molecular complexity index is 895. The molecule has 0 aromatic heterocycles. The minimum Gasteiger partial charge on any atom is -0.340 e. The van der Waals surface area contributed by atoms with Gasteiger partial charge in [0.25, 0.3) is 0 Å². The highest BCUT2D eigenvalue weighted by atomic mass is 32.2. The smallest absolute Gasteiger partial charge is 0.246 e. The summed E-state index contributed by atoms with van der Waals surface area (Å²) in [5.74, 6) is -0.218. The average molecular weight is 389 g/mol. The van der Waals surface area contributed by atoms with Crippen LogP contribution in [0, 0.1) is 13.8 Å². The molecule has 0 N–H and O–H groups in total. The molecule has 2 aromatic carbocycles. The van der Waals surface area contributed by atoms with Crippen molar-refractivity contribution in [1.82, 2.24) is 4.90 Å². The van der Waals surface area contributed by atoms with E-state index in [1.165, 1.54) is 4.31 Å². The zero-order chi connectivity index (χ0) is 20.2. The first-order chi connectivity index (χ1) is 12.6. The Hall–Kier alpha value is -2.34. The van der Waals surface area contributed by atoms with Gasteiger partial charge in [0.05, 0.1) is 11.9 Å². The molecule has 2 rings (SSSR count). The van der Waals surface area contributed by atoms with Crippen LogP contribution in [0.4, 0.5) is 5.69 Å². The van der Waals surface area contributed by atoms with Gasteiger partial charge in [-0.3, -0.25) is 9.10 Å². The van der Waals surface area contributed by atoms with Crippen LogP contribution in [-0.4, -0.2) is 38.6 Å². The highest BCUT2D eigenvalue weighted by Crippen LogP contribution is 2.26. The quantitative estimate of drug-likeness (QED) is 0.729. The summed E-state index contributed by atoms with van der Waals surface area (Å²) in [4.78, 5) is 14.7. The van der Waals surface area contributed by atoms with Gasteiger partial charge < -0.3 is 4.90 Å². The van der Waals surface area contributed by atoms with E-state index in [1.807, 2.05) is 63.2 Å². The number of hydrogen-bond donors (Lipinski definition) is 0. The highest BCUT2D eigenvalue weighted by molar-refractivity contribution is 7.92.